The van der Waals surface area contributed by atoms with Gasteiger partial charge in [0, 0.05) is 12.1 Å². The summed E-state index contributed by atoms with van der Waals surface area (Å²) < 4.78 is 0. The van der Waals surface area contributed by atoms with Crippen molar-refractivity contribution in [1.82, 2.24) is 5.32 Å². The van der Waals surface area contributed by atoms with Crippen LogP contribution in [-0.4, -0.2) is 23.5 Å². The van der Waals surface area contributed by atoms with Crippen LogP contribution in [0, 0.1) is 0 Å². The molecule has 0 bridgehead atoms. The van der Waals surface area contributed by atoms with E-state index in [1.165, 1.54) is 0 Å². The largest absolute Gasteiger partial charge is 0.384 e. The second-order valence-corrected chi connectivity index (χ2v) is 6.25. The standard InChI is InChI=1S/C19H20N2O3/c1-19(24,13-7-3-2-4-8-13)12-20-17(22)11-15-14-9-5-6-10-16(14)21-18(15)23/h2-10,15,24H,11-12H2,1H3,(H,20,22)(H,21,23). The number of amides is 2. The van der Waals surface area contributed by atoms with Crippen molar-refractivity contribution >= 4 is 17.5 Å². The molecule has 2 atom stereocenters. The molecule has 2 aromatic rings. The number of rotatable bonds is 5. The topological polar surface area (TPSA) is 78.4 Å². The fraction of sp³-hybridized carbons (Fsp3) is 0.263. The molecular weight excluding hydrogens is 304 g/mol. The molecule has 3 N–H and O–H groups in total. The number of carbonyl (C=O) groups is 2. The Labute approximate surface area is 140 Å². The van der Waals surface area contributed by atoms with Gasteiger partial charge in [0.15, 0.2) is 0 Å². The lowest BCUT2D eigenvalue weighted by molar-refractivity contribution is -0.126. The number of carbonyl (C=O) groups excluding carboxylic acids is 2. The molecule has 0 saturated carbocycles. The summed E-state index contributed by atoms with van der Waals surface area (Å²) >= 11 is 0. The highest BCUT2D eigenvalue weighted by Crippen LogP contribution is 2.34. The Morgan fingerprint density at radius 1 is 1.17 bits per heavy atom. The van der Waals surface area contributed by atoms with Crippen molar-refractivity contribution in [2.45, 2.75) is 24.9 Å². The van der Waals surface area contributed by atoms with E-state index in [1.807, 2.05) is 54.6 Å². The first kappa shape index (κ1) is 16.2. The molecule has 124 valence electrons. The van der Waals surface area contributed by atoms with Gasteiger partial charge in [-0.05, 0) is 24.1 Å². The van der Waals surface area contributed by atoms with Gasteiger partial charge in [-0.25, -0.2) is 0 Å². The average Bonchev–Trinajstić information content (AvgIpc) is 2.90. The predicted octanol–water partition coefficient (Wildman–Crippen LogP) is 2.14. The fourth-order valence-electron chi connectivity index (χ4n) is 2.91. The highest BCUT2D eigenvalue weighted by atomic mass is 16.3. The number of aliphatic hydroxyl groups is 1. The minimum absolute atomic E-state index is 0.0632. The fourth-order valence-corrected chi connectivity index (χ4v) is 2.91. The van der Waals surface area contributed by atoms with E-state index < -0.39 is 11.5 Å². The zero-order valence-electron chi connectivity index (χ0n) is 13.5. The maximum absolute atomic E-state index is 12.2. The van der Waals surface area contributed by atoms with Crippen molar-refractivity contribution in [2.75, 3.05) is 11.9 Å². The molecule has 0 aliphatic carbocycles. The van der Waals surface area contributed by atoms with Crippen LogP contribution in [0.2, 0.25) is 0 Å². The first-order chi connectivity index (χ1) is 11.5. The average molecular weight is 324 g/mol. The van der Waals surface area contributed by atoms with Gasteiger partial charge in [0.25, 0.3) is 0 Å². The first-order valence-corrected chi connectivity index (χ1v) is 7.92. The van der Waals surface area contributed by atoms with Gasteiger partial charge in [-0.15, -0.1) is 0 Å². The molecule has 1 heterocycles. The summed E-state index contributed by atoms with van der Waals surface area (Å²) in [4.78, 5) is 24.3. The molecule has 0 saturated heterocycles. The zero-order chi connectivity index (χ0) is 17.2. The van der Waals surface area contributed by atoms with E-state index in [4.69, 9.17) is 0 Å². The van der Waals surface area contributed by atoms with Crippen molar-refractivity contribution < 1.29 is 14.7 Å². The van der Waals surface area contributed by atoms with Crippen LogP contribution in [0.3, 0.4) is 0 Å². The molecule has 2 amide bonds. The molecule has 2 aromatic carbocycles. The van der Waals surface area contributed by atoms with Gasteiger partial charge >= 0.3 is 0 Å². The van der Waals surface area contributed by atoms with Crippen molar-refractivity contribution in [3.05, 3.63) is 65.7 Å². The highest BCUT2D eigenvalue weighted by Gasteiger charge is 2.32. The van der Waals surface area contributed by atoms with Gasteiger partial charge in [-0.3, -0.25) is 9.59 Å². The molecule has 3 rings (SSSR count). The van der Waals surface area contributed by atoms with Crippen molar-refractivity contribution in [3.8, 4) is 0 Å². The number of hydrogen-bond donors (Lipinski definition) is 3. The molecule has 0 aromatic heterocycles. The Morgan fingerprint density at radius 3 is 2.58 bits per heavy atom. The summed E-state index contributed by atoms with van der Waals surface area (Å²) in [5.41, 5.74) is 1.17. The minimum Gasteiger partial charge on any atom is -0.384 e. The molecule has 5 nitrogen and oxygen atoms in total. The maximum atomic E-state index is 12.2. The maximum Gasteiger partial charge on any atom is 0.232 e. The van der Waals surface area contributed by atoms with Crippen LogP contribution in [0.4, 0.5) is 5.69 Å². The molecule has 1 aliphatic rings. The molecule has 1 aliphatic heterocycles. The van der Waals surface area contributed by atoms with Crippen LogP contribution in [0.15, 0.2) is 54.6 Å². The molecule has 24 heavy (non-hydrogen) atoms. The Hall–Kier alpha value is -2.66. The molecule has 0 radical (unpaired) electrons. The van der Waals surface area contributed by atoms with E-state index in [1.54, 1.807) is 6.92 Å². The number of para-hydroxylation sites is 1. The van der Waals surface area contributed by atoms with Crippen molar-refractivity contribution in [2.24, 2.45) is 0 Å². The van der Waals surface area contributed by atoms with E-state index in [9.17, 15) is 14.7 Å². The van der Waals surface area contributed by atoms with E-state index >= 15 is 0 Å². The summed E-state index contributed by atoms with van der Waals surface area (Å²) in [6, 6.07) is 16.5. The predicted molar refractivity (Wildman–Crippen MR) is 91.5 cm³/mol. The van der Waals surface area contributed by atoms with Crippen molar-refractivity contribution in [1.29, 1.82) is 0 Å². The van der Waals surface area contributed by atoms with Gasteiger partial charge in [0.2, 0.25) is 11.8 Å². The summed E-state index contributed by atoms with van der Waals surface area (Å²) in [6.07, 6.45) is 0.0632. The van der Waals surface area contributed by atoms with Gasteiger partial charge in [0.05, 0.1) is 12.5 Å². The van der Waals surface area contributed by atoms with E-state index in [-0.39, 0.29) is 24.8 Å². The molecular formula is C19H20N2O3. The van der Waals surface area contributed by atoms with Gasteiger partial charge in [-0.2, -0.15) is 0 Å². The summed E-state index contributed by atoms with van der Waals surface area (Å²) in [5, 5.41) is 16.0. The Morgan fingerprint density at radius 2 is 1.83 bits per heavy atom. The lowest BCUT2D eigenvalue weighted by atomic mass is 9.95. The normalized spacial score (nSPS) is 18.4. The van der Waals surface area contributed by atoms with Gasteiger partial charge in [0.1, 0.15) is 5.60 Å². The second kappa shape index (κ2) is 6.45. The minimum atomic E-state index is -1.16. The Balaban J connectivity index is 1.62. The Bertz CT molecular complexity index is 756. The van der Waals surface area contributed by atoms with E-state index in [0.29, 0.717) is 0 Å². The molecule has 0 spiro atoms. The summed E-state index contributed by atoms with van der Waals surface area (Å²) in [6.45, 7) is 1.74. The quantitative estimate of drug-likeness (QED) is 0.788. The number of fused-ring (bicyclic) bond motifs is 1. The van der Waals surface area contributed by atoms with Crippen LogP contribution in [-0.2, 0) is 15.2 Å². The SMILES string of the molecule is CC(O)(CNC(=O)CC1C(=O)Nc2ccccc21)c1ccccc1. The van der Waals surface area contributed by atoms with Crippen LogP contribution in [0.1, 0.15) is 30.4 Å². The van der Waals surface area contributed by atoms with Gasteiger partial charge < -0.3 is 15.7 Å². The van der Waals surface area contributed by atoms with Crippen LogP contribution >= 0.6 is 0 Å². The number of benzene rings is 2. The van der Waals surface area contributed by atoms with Crippen molar-refractivity contribution in [3.63, 3.8) is 0 Å². The lowest BCUT2D eigenvalue weighted by Gasteiger charge is -2.24. The third-order valence-corrected chi connectivity index (χ3v) is 4.33. The zero-order valence-corrected chi connectivity index (χ0v) is 13.5. The molecule has 0 fully saturated rings. The number of anilines is 1. The van der Waals surface area contributed by atoms with Crippen LogP contribution in [0.25, 0.3) is 0 Å². The number of nitrogens with one attached hydrogen (secondary N) is 2. The van der Waals surface area contributed by atoms with E-state index in [2.05, 4.69) is 10.6 Å². The third-order valence-electron chi connectivity index (χ3n) is 4.33. The summed E-state index contributed by atoms with van der Waals surface area (Å²) in [7, 11) is 0. The lowest BCUT2D eigenvalue weighted by Crippen LogP contribution is -2.39. The number of hydrogen-bond acceptors (Lipinski definition) is 3. The Kier molecular flexibility index (Phi) is 4.36. The monoisotopic (exact) mass is 324 g/mol. The van der Waals surface area contributed by atoms with Crippen LogP contribution < -0.4 is 10.6 Å². The summed E-state index contributed by atoms with van der Waals surface area (Å²) in [5.74, 6) is -0.910. The third kappa shape index (κ3) is 3.31. The first-order valence-electron chi connectivity index (χ1n) is 7.92. The molecule has 5 heteroatoms. The second-order valence-electron chi connectivity index (χ2n) is 6.25. The van der Waals surface area contributed by atoms with Gasteiger partial charge in [-0.1, -0.05) is 48.5 Å². The van der Waals surface area contributed by atoms with Crippen LogP contribution in [0.5, 0.6) is 0 Å². The highest BCUT2D eigenvalue weighted by molar-refractivity contribution is 6.04. The smallest absolute Gasteiger partial charge is 0.232 e. The van der Waals surface area contributed by atoms with E-state index in [0.717, 1.165) is 16.8 Å². The molecule has 2 unspecified atom stereocenters.